The minimum absolute atomic E-state index is 0.0315. The lowest BCUT2D eigenvalue weighted by atomic mass is 9.99. The van der Waals surface area contributed by atoms with Crippen LogP contribution in [0.4, 0.5) is 8.78 Å². The van der Waals surface area contributed by atoms with Crippen LogP contribution in [0.5, 0.6) is 5.75 Å². The zero-order chi connectivity index (χ0) is 22.8. The molecule has 2 aromatic rings. The van der Waals surface area contributed by atoms with Gasteiger partial charge in [0, 0.05) is 49.0 Å². The van der Waals surface area contributed by atoms with Gasteiger partial charge in [0.1, 0.15) is 22.3 Å². The van der Waals surface area contributed by atoms with Crippen molar-refractivity contribution in [3.63, 3.8) is 0 Å². The zero-order valence-corrected chi connectivity index (χ0v) is 18.8. The zero-order valence-electron chi connectivity index (χ0n) is 17.2. The molecular formula is C22H23ClF2N2O3S. The first kappa shape index (κ1) is 23.5. The van der Waals surface area contributed by atoms with E-state index in [0.29, 0.717) is 16.5 Å². The minimum Gasteiger partial charge on any atom is -0.493 e. The van der Waals surface area contributed by atoms with Crippen LogP contribution in [0.3, 0.4) is 0 Å². The van der Waals surface area contributed by atoms with Crippen LogP contribution < -0.4 is 4.74 Å². The minimum atomic E-state index is -4.00. The van der Waals surface area contributed by atoms with Crippen molar-refractivity contribution < 1.29 is 21.9 Å². The van der Waals surface area contributed by atoms with Crippen molar-refractivity contribution in [2.75, 3.05) is 32.5 Å². The molecule has 0 bridgehead atoms. The highest BCUT2D eigenvalue weighted by Crippen LogP contribution is 2.28. The molecular weight excluding hydrogens is 446 g/mol. The normalized spacial score (nSPS) is 19.4. The Balaban J connectivity index is 1.57. The molecule has 1 aliphatic rings. The number of likely N-dealkylation sites (tertiary alicyclic amines) is 1. The molecule has 31 heavy (non-hydrogen) atoms. The molecule has 0 N–H and O–H groups in total. The van der Waals surface area contributed by atoms with Crippen LogP contribution in [0.2, 0.25) is 5.02 Å². The van der Waals surface area contributed by atoms with Crippen molar-refractivity contribution in [1.29, 1.82) is 5.26 Å². The van der Waals surface area contributed by atoms with Crippen LogP contribution in [0.15, 0.2) is 35.2 Å². The second-order valence-corrected chi connectivity index (χ2v) is 10.4. The number of nitrogens with zero attached hydrogens (tertiary/aromatic N) is 2. The molecule has 5 nitrogen and oxygen atoms in total. The molecule has 3 rings (SSSR count). The third-order valence-corrected chi connectivity index (χ3v) is 6.80. The van der Waals surface area contributed by atoms with E-state index in [2.05, 4.69) is 17.9 Å². The van der Waals surface area contributed by atoms with E-state index in [1.165, 1.54) is 0 Å². The Bertz CT molecular complexity index is 1100. The van der Waals surface area contributed by atoms with E-state index in [9.17, 15) is 17.2 Å². The Kier molecular flexibility index (Phi) is 7.20. The van der Waals surface area contributed by atoms with Crippen LogP contribution in [0, 0.1) is 34.8 Å². The molecule has 0 aliphatic carbocycles. The molecule has 0 aromatic heterocycles. The van der Waals surface area contributed by atoms with Gasteiger partial charge in [0.05, 0.1) is 18.2 Å². The molecule has 0 radical (unpaired) electrons. The third kappa shape index (κ3) is 5.94. The molecule has 2 aromatic carbocycles. The van der Waals surface area contributed by atoms with Crippen LogP contribution in [0.25, 0.3) is 0 Å². The number of ether oxygens (including phenoxy) is 1. The van der Waals surface area contributed by atoms with Gasteiger partial charge in [-0.1, -0.05) is 18.5 Å². The van der Waals surface area contributed by atoms with Crippen LogP contribution in [0.1, 0.15) is 18.1 Å². The fourth-order valence-electron chi connectivity index (χ4n) is 3.87. The summed E-state index contributed by atoms with van der Waals surface area (Å²) in [5.74, 6) is -1.86. The van der Waals surface area contributed by atoms with Crippen molar-refractivity contribution in [3.8, 4) is 11.8 Å². The molecule has 0 amide bonds. The summed E-state index contributed by atoms with van der Waals surface area (Å²) in [5, 5.41) is 9.61. The maximum atomic E-state index is 14.1. The molecule has 0 unspecified atom stereocenters. The van der Waals surface area contributed by atoms with E-state index in [-0.39, 0.29) is 18.3 Å². The molecule has 1 aliphatic heterocycles. The summed E-state index contributed by atoms with van der Waals surface area (Å²) >= 11 is 6.06. The number of nitriles is 1. The van der Waals surface area contributed by atoms with Gasteiger partial charge >= 0.3 is 0 Å². The summed E-state index contributed by atoms with van der Waals surface area (Å²) in [6.07, 6.45) is 1.51. The predicted molar refractivity (Wildman–Crippen MR) is 114 cm³/mol. The van der Waals surface area contributed by atoms with Gasteiger partial charge in [-0.15, -0.1) is 0 Å². The molecule has 2 atom stereocenters. The molecule has 1 fully saturated rings. The summed E-state index contributed by atoms with van der Waals surface area (Å²) in [4.78, 5) is 1.33. The van der Waals surface area contributed by atoms with Gasteiger partial charge in [-0.2, -0.15) is 5.26 Å². The van der Waals surface area contributed by atoms with Crippen molar-refractivity contribution in [2.24, 2.45) is 11.8 Å². The number of halogens is 3. The van der Waals surface area contributed by atoms with Crippen molar-refractivity contribution in [1.82, 2.24) is 4.90 Å². The van der Waals surface area contributed by atoms with E-state index in [1.807, 2.05) is 12.1 Å². The largest absolute Gasteiger partial charge is 0.493 e. The van der Waals surface area contributed by atoms with Gasteiger partial charge in [0.25, 0.3) is 0 Å². The lowest BCUT2D eigenvalue weighted by Gasteiger charge is -2.17. The van der Waals surface area contributed by atoms with Gasteiger partial charge in [-0.05, 0) is 36.1 Å². The lowest BCUT2D eigenvalue weighted by molar-refractivity contribution is 0.223. The van der Waals surface area contributed by atoms with Crippen LogP contribution >= 0.6 is 11.6 Å². The second-order valence-electron chi connectivity index (χ2n) is 8.01. The van der Waals surface area contributed by atoms with E-state index < -0.39 is 26.4 Å². The number of benzene rings is 2. The number of sulfone groups is 1. The van der Waals surface area contributed by atoms with E-state index in [4.69, 9.17) is 21.6 Å². The fraction of sp³-hybridized carbons (Fsp3) is 0.409. The highest BCUT2D eigenvalue weighted by molar-refractivity contribution is 7.90. The Labute approximate surface area is 186 Å². The topological polar surface area (TPSA) is 70.4 Å². The smallest absolute Gasteiger partial charge is 0.181 e. The van der Waals surface area contributed by atoms with Gasteiger partial charge < -0.3 is 9.64 Å². The monoisotopic (exact) mass is 468 g/mol. The first-order valence-electron chi connectivity index (χ1n) is 9.80. The predicted octanol–water partition coefficient (Wildman–Crippen LogP) is 4.08. The highest BCUT2D eigenvalue weighted by Gasteiger charge is 2.30. The fourth-order valence-corrected chi connectivity index (χ4v) is 4.95. The third-order valence-electron chi connectivity index (χ3n) is 5.45. The van der Waals surface area contributed by atoms with E-state index in [1.54, 1.807) is 6.07 Å². The highest BCUT2D eigenvalue weighted by atomic mass is 35.5. The summed E-state index contributed by atoms with van der Waals surface area (Å²) < 4.78 is 56.7. The van der Waals surface area contributed by atoms with E-state index in [0.717, 1.165) is 50.0 Å². The summed E-state index contributed by atoms with van der Waals surface area (Å²) in [6, 6.07) is 9.22. The first-order chi connectivity index (χ1) is 14.6. The molecule has 1 saturated heterocycles. The first-order valence-corrected chi connectivity index (χ1v) is 12.1. The Hall–Kier alpha value is -2.21. The van der Waals surface area contributed by atoms with Crippen LogP contribution in [-0.2, 0) is 16.3 Å². The maximum absolute atomic E-state index is 14.1. The summed E-state index contributed by atoms with van der Waals surface area (Å²) in [6.45, 7) is 4.77. The van der Waals surface area contributed by atoms with Gasteiger partial charge in [0.2, 0.25) is 0 Å². The summed E-state index contributed by atoms with van der Waals surface area (Å²) in [5.41, 5.74) is 1.53. The van der Waals surface area contributed by atoms with Crippen molar-refractivity contribution in [2.45, 2.75) is 18.2 Å². The van der Waals surface area contributed by atoms with Gasteiger partial charge in [0.15, 0.2) is 9.84 Å². The number of hydrogen-bond acceptors (Lipinski definition) is 5. The van der Waals surface area contributed by atoms with E-state index >= 15 is 0 Å². The average Bonchev–Trinajstić information content (AvgIpc) is 3.02. The Morgan fingerprint density at radius 1 is 1.19 bits per heavy atom. The van der Waals surface area contributed by atoms with Crippen molar-refractivity contribution in [3.05, 3.63) is 58.1 Å². The number of hydrogen-bond donors (Lipinski definition) is 0. The molecule has 0 saturated carbocycles. The molecule has 9 heteroatoms. The molecule has 0 spiro atoms. The number of rotatable bonds is 7. The second kappa shape index (κ2) is 9.51. The lowest BCUT2D eigenvalue weighted by Crippen LogP contribution is -2.25. The average molecular weight is 469 g/mol. The quantitative estimate of drug-likeness (QED) is 0.612. The SMILES string of the molecule is C[C@@H]1CN(CCc2cc(Cl)cc(C#N)c2)C[C@H]1COc1cc(F)c(S(C)(=O)=O)c(F)c1. The van der Waals surface area contributed by atoms with Crippen molar-refractivity contribution >= 4 is 21.4 Å². The van der Waals surface area contributed by atoms with Gasteiger partial charge in [-0.25, -0.2) is 17.2 Å². The maximum Gasteiger partial charge on any atom is 0.181 e. The Morgan fingerprint density at radius 2 is 1.87 bits per heavy atom. The standard InChI is InChI=1S/C22H23ClF2N2O3S/c1-14-11-27(4-3-15-5-16(10-26)7-18(23)6-15)12-17(14)13-30-19-8-20(24)22(21(25)9-19)31(2,28)29/h5-9,14,17H,3-4,11-13H2,1-2H3/t14-,17+/m1/s1. The van der Waals surface area contributed by atoms with Crippen LogP contribution in [-0.4, -0.2) is 45.8 Å². The molecule has 1 heterocycles. The molecule has 166 valence electrons. The van der Waals surface area contributed by atoms with Gasteiger partial charge in [-0.3, -0.25) is 0 Å². The summed E-state index contributed by atoms with van der Waals surface area (Å²) in [7, 11) is -4.00. The Morgan fingerprint density at radius 3 is 2.48 bits per heavy atom.